The minimum absolute atomic E-state index is 0.174. The number of carbonyl (C=O) groups excluding carboxylic acids is 1. The Morgan fingerprint density at radius 1 is 1.06 bits per heavy atom. The number of rotatable bonds is 8. The van der Waals surface area contributed by atoms with Crippen molar-refractivity contribution in [3.63, 3.8) is 0 Å². The van der Waals surface area contributed by atoms with Gasteiger partial charge in [-0.05, 0) is 42.3 Å². The molecule has 0 unspecified atom stereocenters. The van der Waals surface area contributed by atoms with Gasteiger partial charge in [-0.3, -0.25) is 9.36 Å². The molecular formula is C24H22N2O5S. The summed E-state index contributed by atoms with van der Waals surface area (Å²) in [7, 11) is 1.60. The van der Waals surface area contributed by atoms with Gasteiger partial charge in [0.2, 0.25) is 0 Å². The second-order valence-electron chi connectivity index (χ2n) is 7.07. The highest BCUT2D eigenvalue weighted by Crippen LogP contribution is 2.27. The summed E-state index contributed by atoms with van der Waals surface area (Å²) in [6.45, 7) is 2.55. The first-order valence-electron chi connectivity index (χ1n) is 10.0. The zero-order valence-corrected chi connectivity index (χ0v) is 18.6. The molecule has 0 atom stereocenters. The van der Waals surface area contributed by atoms with E-state index < -0.39 is 5.97 Å². The second-order valence-corrected chi connectivity index (χ2v) is 8.06. The predicted octanol–water partition coefficient (Wildman–Crippen LogP) is 4.21. The summed E-state index contributed by atoms with van der Waals surface area (Å²) >= 11 is 1.17. The molecule has 0 bridgehead atoms. The van der Waals surface area contributed by atoms with E-state index in [4.69, 9.17) is 14.2 Å². The van der Waals surface area contributed by atoms with Crippen LogP contribution in [0.15, 0.2) is 65.7 Å². The third kappa shape index (κ3) is 4.65. The van der Waals surface area contributed by atoms with Crippen LogP contribution in [0.3, 0.4) is 0 Å². The van der Waals surface area contributed by atoms with Crippen molar-refractivity contribution in [2.24, 2.45) is 0 Å². The summed E-state index contributed by atoms with van der Waals surface area (Å²) in [5.41, 5.74) is 1.28. The normalized spacial score (nSPS) is 10.8. The van der Waals surface area contributed by atoms with E-state index in [-0.39, 0.29) is 12.2 Å². The molecule has 0 aliphatic heterocycles. The Morgan fingerprint density at radius 3 is 2.50 bits per heavy atom. The zero-order chi connectivity index (χ0) is 22.5. The van der Waals surface area contributed by atoms with Crippen LogP contribution in [0.5, 0.6) is 11.5 Å². The van der Waals surface area contributed by atoms with Gasteiger partial charge in [0.1, 0.15) is 34.4 Å². The molecule has 164 valence electrons. The average molecular weight is 451 g/mol. The third-order valence-electron chi connectivity index (χ3n) is 4.98. The molecule has 4 rings (SSSR count). The van der Waals surface area contributed by atoms with Gasteiger partial charge >= 0.3 is 5.97 Å². The van der Waals surface area contributed by atoms with E-state index in [1.807, 2.05) is 42.5 Å². The molecule has 0 spiro atoms. The maximum atomic E-state index is 13.0. The van der Waals surface area contributed by atoms with E-state index in [1.165, 1.54) is 22.2 Å². The monoisotopic (exact) mass is 450 g/mol. The number of nitrogens with zero attached hydrogens (tertiary/aromatic N) is 2. The molecular weight excluding hydrogens is 428 g/mol. The fraction of sp³-hybridized carbons (Fsp3) is 0.208. The molecule has 0 saturated heterocycles. The molecule has 2 aromatic heterocycles. The molecule has 8 heteroatoms. The van der Waals surface area contributed by atoms with Gasteiger partial charge in [0.15, 0.2) is 0 Å². The lowest BCUT2D eigenvalue weighted by molar-refractivity contribution is 0.0478. The number of hydrogen-bond donors (Lipinski definition) is 0. The van der Waals surface area contributed by atoms with Crippen molar-refractivity contribution in [1.29, 1.82) is 0 Å². The number of carbonyl (C=O) groups is 1. The number of ether oxygens (including phenoxy) is 3. The Bertz CT molecular complexity index is 1280. The third-order valence-corrected chi connectivity index (χ3v) is 6.16. The van der Waals surface area contributed by atoms with Crippen LogP contribution in [0.1, 0.15) is 20.8 Å². The number of aryl methyl sites for hydroxylation is 1. The highest BCUT2D eigenvalue weighted by atomic mass is 32.1. The molecule has 0 radical (unpaired) electrons. The van der Waals surface area contributed by atoms with E-state index in [1.54, 1.807) is 26.2 Å². The van der Waals surface area contributed by atoms with Gasteiger partial charge in [-0.2, -0.15) is 0 Å². The number of esters is 1. The summed E-state index contributed by atoms with van der Waals surface area (Å²) in [5, 5.41) is 0.439. The highest BCUT2D eigenvalue weighted by molar-refractivity contribution is 7.20. The van der Waals surface area contributed by atoms with E-state index in [9.17, 15) is 9.59 Å². The predicted molar refractivity (Wildman–Crippen MR) is 123 cm³/mol. The van der Waals surface area contributed by atoms with Crippen molar-refractivity contribution in [3.8, 4) is 11.5 Å². The molecule has 0 aliphatic rings. The number of methoxy groups -OCH3 is 1. The first-order chi connectivity index (χ1) is 15.6. The van der Waals surface area contributed by atoms with Crippen molar-refractivity contribution in [2.75, 3.05) is 13.7 Å². The molecule has 32 heavy (non-hydrogen) atoms. The van der Waals surface area contributed by atoms with Crippen LogP contribution < -0.4 is 15.0 Å². The van der Waals surface area contributed by atoms with Crippen molar-refractivity contribution in [1.82, 2.24) is 9.55 Å². The number of hydrogen-bond acceptors (Lipinski definition) is 7. The van der Waals surface area contributed by atoms with Gasteiger partial charge in [-0.25, -0.2) is 9.78 Å². The van der Waals surface area contributed by atoms with E-state index >= 15 is 0 Å². The summed E-state index contributed by atoms with van der Waals surface area (Å²) < 4.78 is 17.8. The van der Waals surface area contributed by atoms with Crippen LogP contribution in [0.2, 0.25) is 0 Å². The van der Waals surface area contributed by atoms with Crippen LogP contribution in [0, 0.1) is 6.92 Å². The molecule has 0 amide bonds. The number of thiophene rings is 1. The quantitative estimate of drug-likeness (QED) is 0.374. The van der Waals surface area contributed by atoms with Gasteiger partial charge in [-0.15, -0.1) is 11.3 Å². The average Bonchev–Trinajstić information content (AvgIpc) is 3.17. The minimum Gasteiger partial charge on any atom is -0.497 e. The SMILES string of the molecule is COc1ccc(OCCn2cnc3sc(C(=O)OCc4ccccc4)c(C)c3c2=O)cc1. The number of fused-ring (bicyclic) bond motifs is 1. The first-order valence-corrected chi connectivity index (χ1v) is 10.8. The summed E-state index contributed by atoms with van der Waals surface area (Å²) in [6.07, 6.45) is 1.48. The van der Waals surface area contributed by atoms with Gasteiger partial charge in [-0.1, -0.05) is 30.3 Å². The summed E-state index contributed by atoms with van der Waals surface area (Å²) in [4.78, 5) is 30.9. The van der Waals surface area contributed by atoms with Crippen LogP contribution in [0.25, 0.3) is 10.2 Å². The lowest BCUT2D eigenvalue weighted by Gasteiger charge is -2.09. The molecule has 2 aromatic carbocycles. The summed E-state index contributed by atoms with van der Waals surface area (Å²) in [5.74, 6) is 0.973. The topological polar surface area (TPSA) is 79.7 Å². The number of aromatic nitrogens is 2. The van der Waals surface area contributed by atoms with Crippen LogP contribution in [-0.4, -0.2) is 29.2 Å². The van der Waals surface area contributed by atoms with Gasteiger partial charge < -0.3 is 14.2 Å². The Kier molecular flexibility index (Phi) is 6.51. The second kappa shape index (κ2) is 9.65. The van der Waals surface area contributed by atoms with E-state index in [0.29, 0.717) is 39.6 Å². The largest absolute Gasteiger partial charge is 0.497 e. The van der Waals surface area contributed by atoms with Gasteiger partial charge in [0, 0.05) is 0 Å². The fourth-order valence-corrected chi connectivity index (χ4v) is 4.27. The molecule has 0 aliphatic carbocycles. The Morgan fingerprint density at radius 2 is 1.78 bits per heavy atom. The van der Waals surface area contributed by atoms with Crippen molar-refractivity contribution in [3.05, 3.63) is 87.3 Å². The molecule has 2 heterocycles. The summed E-state index contributed by atoms with van der Waals surface area (Å²) in [6, 6.07) is 16.7. The maximum absolute atomic E-state index is 13.0. The standard InChI is InChI=1S/C24H22N2O5S/c1-16-20-22(32-21(16)24(28)31-14-17-6-4-3-5-7-17)25-15-26(23(20)27)12-13-30-19-10-8-18(29-2)9-11-19/h3-11,15H,12-14H2,1-2H3. The zero-order valence-electron chi connectivity index (χ0n) is 17.7. The highest BCUT2D eigenvalue weighted by Gasteiger charge is 2.20. The van der Waals surface area contributed by atoms with Gasteiger partial charge in [0.25, 0.3) is 5.56 Å². The lowest BCUT2D eigenvalue weighted by Crippen LogP contribution is -2.23. The molecule has 0 fully saturated rings. The van der Waals surface area contributed by atoms with Crippen LogP contribution in [-0.2, 0) is 17.9 Å². The smallest absolute Gasteiger partial charge is 0.349 e. The maximum Gasteiger partial charge on any atom is 0.349 e. The molecule has 4 aromatic rings. The van der Waals surface area contributed by atoms with Crippen molar-refractivity contribution < 1.29 is 19.0 Å². The molecule has 0 saturated carbocycles. The number of benzene rings is 2. The Labute approximate surface area is 188 Å². The van der Waals surface area contributed by atoms with Gasteiger partial charge in [0.05, 0.1) is 25.4 Å². The Hall–Kier alpha value is -3.65. The molecule has 7 nitrogen and oxygen atoms in total. The molecule has 0 N–H and O–H groups in total. The first kappa shape index (κ1) is 21.6. The fourth-order valence-electron chi connectivity index (χ4n) is 3.24. The van der Waals surface area contributed by atoms with E-state index in [0.717, 1.165) is 11.3 Å². The van der Waals surface area contributed by atoms with Crippen LogP contribution >= 0.6 is 11.3 Å². The van der Waals surface area contributed by atoms with Crippen molar-refractivity contribution in [2.45, 2.75) is 20.1 Å². The minimum atomic E-state index is -0.455. The van der Waals surface area contributed by atoms with Crippen molar-refractivity contribution >= 4 is 27.5 Å². The Balaban J connectivity index is 1.46. The van der Waals surface area contributed by atoms with Crippen LogP contribution in [0.4, 0.5) is 0 Å². The van der Waals surface area contributed by atoms with E-state index in [2.05, 4.69) is 4.98 Å². The lowest BCUT2D eigenvalue weighted by atomic mass is 10.2.